The van der Waals surface area contributed by atoms with Gasteiger partial charge in [0.1, 0.15) is 5.01 Å². The molecule has 2 atom stereocenters. The van der Waals surface area contributed by atoms with Crippen molar-refractivity contribution in [3.8, 4) is 0 Å². The van der Waals surface area contributed by atoms with Gasteiger partial charge in [0.25, 0.3) is 0 Å². The van der Waals surface area contributed by atoms with Crippen LogP contribution in [0.25, 0.3) is 0 Å². The molecule has 2 unspecified atom stereocenters. The third-order valence-electron chi connectivity index (χ3n) is 2.47. The molecule has 1 aromatic heterocycles. The van der Waals surface area contributed by atoms with E-state index in [4.69, 9.17) is 5.73 Å². The van der Waals surface area contributed by atoms with Crippen LogP contribution in [0.4, 0.5) is 5.13 Å². The first-order chi connectivity index (χ1) is 6.16. The summed E-state index contributed by atoms with van der Waals surface area (Å²) in [5, 5.41) is 9.66. The van der Waals surface area contributed by atoms with E-state index < -0.39 is 0 Å². The van der Waals surface area contributed by atoms with Gasteiger partial charge in [-0.1, -0.05) is 25.2 Å². The number of aromatic nitrogens is 2. The fraction of sp³-hybridized carbons (Fsp3) is 0.778. The standard InChI is InChI=1S/C9H15N3S/c1-5(2)3-6-4-7(6)8-11-12-9(10)13-8/h5-7H,3-4H2,1-2H3,(H2,10,12). The lowest BCUT2D eigenvalue weighted by atomic mass is 10.1. The Labute approximate surface area is 82.4 Å². The number of rotatable bonds is 3. The van der Waals surface area contributed by atoms with Crippen molar-refractivity contribution in [3.05, 3.63) is 5.01 Å². The van der Waals surface area contributed by atoms with Crippen LogP contribution in [0.15, 0.2) is 0 Å². The molecule has 0 aliphatic heterocycles. The van der Waals surface area contributed by atoms with E-state index in [1.807, 2.05) is 0 Å². The van der Waals surface area contributed by atoms with Crippen LogP contribution < -0.4 is 5.73 Å². The highest BCUT2D eigenvalue weighted by atomic mass is 32.1. The van der Waals surface area contributed by atoms with Crippen molar-refractivity contribution in [2.75, 3.05) is 5.73 Å². The van der Waals surface area contributed by atoms with E-state index in [1.54, 1.807) is 11.3 Å². The van der Waals surface area contributed by atoms with Crippen molar-refractivity contribution in [3.63, 3.8) is 0 Å². The number of hydrogen-bond acceptors (Lipinski definition) is 4. The lowest BCUT2D eigenvalue weighted by Crippen LogP contribution is -1.90. The van der Waals surface area contributed by atoms with Gasteiger partial charge in [0.15, 0.2) is 0 Å². The minimum atomic E-state index is 0.602. The Kier molecular flexibility index (Phi) is 2.24. The van der Waals surface area contributed by atoms with E-state index in [0.29, 0.717) is 11.0 Å². The molecule has 2 N–H and O–H groups in total. The molecule has 0 spiro atoms. The molecule has 13 heavy (non-hydrogen) atoms. The second-order valence-electron chi connectivity index (χ2n) is 4.21. The molecular formula is C9H15N3S. The van der Waals surface area contributed by atoms with E-state index >= 15 is 0 Å². The van der Waals surface area contributed by atoms with Crippen molar-refractivity contribution >= 4 is 16.5 Å². The van der Waals surface area contributed by atoms with Crippen molar-refractivity contribution in [2.45, 2.75) is 32.6 Å². The van der Waals surface area contributed by atoms with E-state index in [-0.39, 0.29) is 0 Å². The summed E-state index contributed by atoms with van der Waals surface area (Å²) in [6.07, 6.45) is 2.59. The smallest absolute Gasteiger partial charge is 0.203 e. The molecule has 1 saturated carbocycles. The van der Waals surface area contributed by atoms with Crippen LogP contribution in [-0.2, 0) is 0 Å². The third-order valence-corrected chi connectivity index (χ3v) is 3.35. The zero-order valence-corrected chi connectivity index (χ0v) is 8.84. The normalized spacial score (nSPS) is 26.7. The summed E-state index contributed by atoms with van der Waals surface area (Å²) in [4.78, 5) is 0. The quantitative estimate of drug-likeness (QED) is 0.808. The number of anilines is 1. The van der Waals surface area contributed by atoms with Crippen molar-refractivity contribution < 1.29 is 0 Å². The predicted molar refractivity (Wildman–Crippen MR) is 54.6 cm³/mol. The molecule has 0 aromatic carbocycles. The molecule has 1 aliphatic rings. The maximum atomic E-state index is 5.54. The number of nitrogen functional groups attached to an aromatic ring is 1. The van der Waals surface area contributed by atoms with E-state index in [0.717, 1.165) is 16.8 Å². The fourth-order valence-electron chi connectivity index (χ4n) is 1.81. The van der Waals surface area contributed by atoms with E-state index in [2.05, 4.69) is 24.0 Å². The maximum Gasteiger partial charge on any atom is 0.203 e. The summed E-state index contributed by atoms with van der Waals surface area (Å²) in [5.41, 5.74) is 5.54. The lowest BCUT2D eigenvalue weighted by molar-refractivity contribution is 0.531. The summed E-state index contributed by atoms with van der Waals surface area (Å²) in [5.74, 6) is 2.30. The molecular weight excluding hydrogens is 182 g/mol. The summed E-state index contributed by atoms with van der Waals surface area (Å²) in [7, 11) is 0. The average Bonchev–Trinajstić information content (AvgIpc) is 2.63. The predicted octanol–water partition coefficient (Wildman–Crippen LogP) is 2.27. The SMILES string of the molecule is CC(C)CC1CC1c1nnc(N)s1. The molecule has 1 aliphatic carbocycles. The summed E-state index contributed by atoms with van der Waals surface area (Å²) in [6.45, 7) is 4.54. The van der Waals surface area contributed by atoms with Gasteiger partial charge in [0, 0.05) is 5.92 Å². The second-order valence-corrected chi connectivity index (χ2v) is 5.25. The highest BCUT2D eigenvalue weighted by molar-refractivity contribution is 7.15. The van der Waals surface area contributed by atoms with Gasteiger partial charge in [-0.2, -0.15) is 0 Å². The lowest BCUT2D eigenvalue weighted by Gasteiger charge is -2.00. The first-order valence-electron chi connectivity index (χ1n) is 4.75. The number of hydrogen-bond donors (Lipinski definition) is 1. The molecule has 1 fully saturated rings. The first-order valence-corrected chi connectivity index (χ1v) is 5.57. The average molecular weight is 197 g/mol. The van der Waals surface area contributed by atoms with Gasteiger partial charge in [-0.3, -0.25) is 0 Å². The fourth-order valence-corrected chi connectivity index (χ4v) is 2.63. The Morgan fingerprint density at radius 3 is 2.85 bits per heavy atom. The van der Waals surface area contributed by atoms with Gasteiger partial charge < -0.3 is 5.73 Å². The first kappa shape index (κ1) is 8.94. The highest BCUT2D eigenvalue weighted by Gasteiger charge is 2.40. The minimum absolute atomic E-state index is 0.602. The van der Waals surface area contributed by atoms with Gasteiger partial charge in [-0.15, -0.1) is 10.2 Å². The van der Waals surface area contributed by atoms with Crippen LogP contribution in [0.1, 0.15) is 37.6 Å². The number of nitrogens with two attached hydrogens (primary N) is 1. The largest absolute Gasteiger partial charge is 0.374 e. The van der Waals surface area contributed by atoms with Crippen molar-refractivity contribution in [1.29, 1.82) is 0 Å². The molecule has 0 amide bonds. The molecule has 0 saturated heterocycles. The van der Waals surface area contributed by atoms with Crippen molar-refractivity contribution in [1.82, 2.24) is 10.2 Å². The molecule has 1 aromatic rings. The highest BCUT2D eigenvalue weighted by Crippen LogP contribution is 2.51. The Hall–Kier alpha value is -0.640. The Balaban J connectivity index is 1.92. The molecule has 4 heteroatoms. The summed E-state index contributed by atoms with van der Waals surface area (Å²) < 4.78 is 0. The minimum Gasteiger partial charge on any atom is -0.374 e. The van der Waals surface area contributed by atoms with Gasteiger partial charge in [0.05, 0.1) is 0 Å². The maximum absolute atomic E-state index is 5.54. The zero-order chi connectivity index (χ0) is 9.42. The van der Waals surface area contributed by atoms with Crippen molar-refractivity contribution in [2.24, 2.45) is 11.8 Å². The van der Waals surface area contributed by atoms with Crippen LogP contribution in [-0.4, -0.2) is 10.2 Å². The molecule has 0 bridgehead atoms. The van der Waals surface area contributed by atoms with Gasteiger partial charge in [0.2, 0.25) is 5.13 Å². The van der Waals surface area contributed by atoms with Crippen LogP contribution in [0.3, 0.4) is 0 Å². The zero-order valence-electron chi connectivity index (χ0n) is 8.03. The van der Waals surface area contributed by atoms with Gasteiger partial charge >= 0.3 is 0 Å². The summed E-state index contributed by atoms with van der Waals surface area (Å²) >= 11 is 1.54. The topological polar surface area (TPSA) is 51.8 Å². The molecule has 0 radical (unpaired) electrons. The van der Waals surface area contributed by atoms with E-state index in [9.17, 15) is 0 Å². The molecule has 3 nitrogen and oxygen atoms in total. The monoisotopic (exact) mass is 197 g/mol. The van der Waals surface area contributed by atoms with Gasteiger partial charge in [-0.25, -0.2) is 0 Å². The Morgan fingerprint density at radius 2 is 2.31 bits per heavy atom. The van der Waals surface area contributed by atoms with E-state index in [1.165, 1.54) is 12.8 Å². The van der Waals surface area contributed by atoms with Crippen LogP contribution in [0.5, 0.6) is 0 Å². The molecule has 1 heterocycles. The second kappa shape index (κ2) is 3.25. The third kappa shape index (κ3) is 1.99. The molecule has 2 rings (SSSR count). The van der Waals surface area contributed by atoms with Gasteiger partial charge in [-0.05, 0) is 24.7 Å². The Bertz CT molecular complexity index is 295. The molecule has 72 valence electrons. The van der Waals surface area contributed by atoms with Crippen LogP contribution in [0, 0.1) is 11.8 Å². The summed E-state index contributed by atoms with van der Waals surface area (Å²) in [6, 6.07) is 0. The van der Waals surface area contributed by atoms with Crippen LogP contribution >= 0.6 is 11.3 Å². The Morgan fingerprint density at radius 1 is 1.54 bits per heavy atom. The number of nitrogens with zero attached hydrogens (tertiary/aromatic N) is 2. The van der Waals surface area contributed by atoms with Crippen LogP contribution in [0.2, 0.25) is 0 Å².